The van der Waals surface area contributed by atoms with Crippen molar-refractivity contribution in [2.45, 2.75) is 57.7 Å². The van der Waals surface area contributed by atoms with E-state index in [1.807, 2.05) is 0 Å². The minimum Gasteiger partial charge on any atom is -0.388 e. The monoisotopic (exact) mass is 260 g/mol. The summed E-state index contributed by atoms with van der Waals surface area (Å²) >= 11 is 0. The maximum absolute atomic E-state index is 10.6. The molecule has 2 heteroatoms. The van der Waals surface area contributed by atoms with Gasteiger partial charge in [0.25, 0.3) is 0 Å². The smallest absolute Gasteiger partial charge is 0.0843 e. The first-order chi connectivity index (χ1) is 9.29. The first-order valence-corrected chi connectivity index (χ1v) is 7.71. The molecule has 0 saturated carbocycles. The third-order valence-electron chi connectivity index (χ3n) is 4.78. The van der Waals surface area contributed by atoms with Crippen LogP contribution in [0.1, 0.15) is 55.4 Å². The van der Waals surface area contributed by atoms with E-state index in [0.29, 0.717) is 0 Å². The zero-order chi connectivity index (χ0) is 13.2. The standard InChI is InChI=1S/C17H24O2/c1-2-16-15(9-10-19-16)17(18)14-8-7-12-5-3-4-6-13(12)11-14/h7-8,11,15-18H,2-6,9-10H2,1H3. The highest BCUT2D eigenvalue weighted by Gasteiger charge is 2.33. The summed E-state index contributed by atoms with van der Waals surface area (Å²) in [5.74, 6) is 0.270. The Bertz CT molecular complexity index is 441. The molecule has 104 valence electrons. The number of hydrogen-bond donors (Lipinski definition) is 1. The van der Waals surface area contributed by atoms with Gasteiger partial charge in [-0.1, -0.05) is 25.1 Å². The Morgan fingerprint density at radius 3 is 2.84 bits per heavy atom. The van der Waals surface area contributed by atoms with Gasteiger partial charge in [-0.2, -0.15) is 0 Å². The molecule has 3 unspecified atom stereocenters. The molecular weight excluding hydrogens is 236 g/mol. The molecule has 1 aromatic carbocycles. The van der Waals surface area contributed by atoms with Crippen molar-refractivity contribution in [3.8, 4) is 0 Å². The van der Waals surface area contributed by atoms with Crippen LogP contribution in [-0.2, 0) is 17.6 Å². The fourth-order valence-electron chi connectivity index (χ4n) is 3.63. The average Bonchev–Trinajstić information content (AvgIpc) is 2.94. The lowest BCUT2D eigenvalue weighted by Crippen LogP contribution is -2.22. The molecule has 0 bridgehead atoms. The van der Waals surface area contributed by atoms with E-state index < -0.39 is 0 Å². The van der Waals surface area contributed by atoms with E-state index in [1.165, 1.54) is 36.8 Å². The van der Waals surface area contributed by atoms with Crippen LogP contribution in [0.5, 0.6) is 0 Å². The van der Waals surface area contributed by atoms with Crippen LogP contribution in [0.4, 0.5) is 0 Å². The van der Waals surface area contributed by atoms with Crippen molar-refractivity contribution in [1.82, 2.24) is 0 Å². The van der Waals surface area contributed by atoms with E-state index in [0.717, 1.165) is 25.0 Å². The summed E-state index contributed by atoms with van der Waals surface area (Å²) in [6.07, 6.45) is 6.82. The van der Waals surface area contributed by atoms with Gasteiger partial charge in [-0.15, -0.1) is 0 Å². The van der Waals surface area contributed by atoms with Crippen LogP contribution < -0.4 is 0 Å². The number of aryl methyl sites for hydroxylation is 2. The van der Waals surface area contributed by atoms with Crippen molar-refractivity contribution in [1.29, 1.82) is 0 Å². The highest BCUT2D eigenvalue weighted by Crippen LogP contribution is 2.36. The molecule has 3 rings (SSSR count). The predicted molar refractivity (Wildman–Crippen MR) is 76.2 cm³/mol. The van der Waals surface area contributed by atoms with Gasteiger partial charge in [0.1, 0.15) is 0 Å². The Labute approximate surface area is 115 Å². The van der Waals surface area contributed by atoms with E-state index in [1.54, 1.807) is 0 Å². The molecule has 3 atom stereocenters. The fraction of sp³-hybridized carbons (Fsp3) is 0.647. The van der Waals surface area contributed by atoms with Gasteiger partial charge in [-0.25, -0.2) is 0 Å². The SMILES string of the molecule is CCC1OCCC1C(O)c1ccc2c(c1)CCCC2. The van der Waals surface area contributed by atoms with Gasteiger partial charge < -0.3 is 9.84 Å². The van der Waals surface area contributed by atoms with Gasteiger partial charge in [-0.3, -0.25) is 0 Å². The van der Waals surface area contributed by atoms with Crippen molar-refractivity contribution in [3.63, 3.8) is 0 Å². The normalized spacial score (nSPS) is 28.1. The molecule has 1 fully saturated rings. The lowest BCUT2D eigenvalue weighted by Gasteiger charge is -2.25. The summed E-state index contributed by atoms with van der Waals surface area (Å²) < 4.78 is 5.71. The van der Waals surface area contributed by atoms with Crippen LogP contribution in [0.3, 0.4) is 0 Å². The Balaban J connectivity index is 1.81. The summed E-state index contributed by atoms with van der Waals surface area (Å²) in [4.78, 5) is 0. The van der Waals surface area contributed by atoms with Crippen molar-refractivity contribution in [3.05, 3.63) is 34.9 Å². The molecule has 1 N–H and O–H groups in total. The molecule has 0 amide bonds. The molecular formula is C17H24O2. The highest BCUT2D eigenvalue weighted by molar-refractivity contribution is 5.35. The largest absolute Gasteiger partial charge is 0.388 e. The number of benzene rings is 1. The summed E-state index contributed by atoms with van der Waals surface area (Å²) in [5, 5.41) is 10.6. The number of fused-ring (bicyclic) bond motifs is 1. The number of rotatable bonds is 3. The van der Waals surface area contributed by atoms with Crippen LogP contribution in [0.2, 0.25) is 0 Å². The molecule has 1 aliphatic carbocycles. The Kier molecular flexibility index (Phi) is 3.90. The minimum atomic E-state index is -0.361. The zero-order valence-corrected chi connectivity index (χ0v) is 11.8. The Hall–Kier alpha value is -0.860. The second-order valence-corrected chi connectivity index (χ2v) is 5.95. The number of aliphatic hydroxyl groups excluding tert-OH is 1. The summed E-state index contributed by atoms with van der Waals surface area (Å²) in [5.41, 5.74) is 4.03. The highest BCUT2D eigenvalue weighted by atomic mass is 16.5. The van der Waals surface area contributed by atoms with Crippen LogP contribution in [0, 0.1) is 5.92 Å². The topological polar surface area (TPSA) is 29.5 Å². The predicted octanol–water partition coefficient (Wildman–Crippen LogP) is 3.41. The number of ether oxygens (including phenoxy) is 1. The van der Waals surface area contributed by atoms with Crippen molar-refractivity contribution < 1.29 is 9.84 Å². The molecule has 1 heterocycles. The van der Waals surface area contributed by atoms with Crippen LogP contribution in [0.15, 0.2) is 18.2 Å². The van der Waals surface area contributed by atoms with Crippen molar-refractivity contribution >= 4 is 0 Å². The molecule has 2 nitrogen and oxygen atoms in total. The fourth-order valence-corrected chi connectivity index (χ4v) is 3.63. The van der Waals surface area contributed by atoms with Gasteiger partial charge >= 0.3 is 0 Å². The maximum Gasteiger partial charge on any atom is 0.0843 e. The summed E-state index contributed by atoms with van der Waals surface area (Å²) in [7, 11) is 0. The summed E-state index contributed by atoms with van der Waals surface area (Å²) in [6.45, 7) is 2.94. The molecule has 2 aliphatic rings. The number of aliphatic hydroxyl groups is 1. The van der Waals surface area contributed by atoms with Crippen molar-refractivity contribution in [2.75, 3.05) is 6.61 Å². The Morgan fingerprint density at radius 2 is 2.05 bits per heavy atom. The second-order valence-electron chi connectivity index (χ2n) is 5.95. The third-order valence-corrected chi connectivity index (χ3v) is 4.78. The van der Waals surface area contributed by atoms with Gasteiger partial charge in [0.05, 0.1) is 12.2 Å². The van der Waals surface area contributed by atoms with Gasteiger partial charge in [0.2, 0.25) is 0 Å². The van der Waals surface area contributed by atoms with E-state index in [-0.39, 0.29) is 18.1 Å². The minimum absolute atomic E-state index is 0.228. The van der Waals surface area contributed by atoms with Crippen LogP contribution in [0.25, 0.3) is 0 Å². The van der Waals surface area contributed by atoms with Crippen LogP contribution in [-0.4, -0.2) is 17.8 Å². The van der Waals surface area contributed by atoms with Gasteiger partial charge in [0, 0.05) is 12.5 Å². The zero-order valence-electron chi connectivity index (χ0n) is 11.8. The number of hydrogen-bond acceptors (Lipinski definition) is 2. The first-order valence-electron chi connectivity index (χ1n) is 7.71. The second kappa shape index (κ2) is 5.64. The van der Waals surface area contributed by atoms with Gasteiger partial charge in [-0.05, 0) is 55.2 Å². The first kappa shape index (κ1) is 13.1. The third kappa shape index (κ3) is 2.56. The summed E-state index contributed by atoms with van der Waals surface area (Å²) in [6, 6.07) is 6.59. The molecule has 0 radical (unpaired) electrons. The van der Waals surface area contributed by atoms with E-state index in [4.69, 9.17) is 4.74 Å². The van der Waals surface area contributed by atoms with Crippen LogP contribution >= 0.6 is 0 Å². The average molecular weight is 260 g/mol. The quantitative estimate of drug-likeness (QED) is 0.902. The lowest BCUT2D eigenvalue weighted by atomic mass is 9.85. The molecule has 0 spiro atoms. The molecule has 1 aromatic rings. The molecule has 1 saturated heterocycles. The van der Waals surface area contributed by atoms with E-state index in [2.05, 4.69) is 25.1 Å². The van der Waals surface area contributed by atoms with Crippen molar-refractivity contribution in [2.24, 2.45) is 5.92 Å². The van der Waals surface area contributed by atoms with E-state index in [9.17, 15) is 5.11 Å². The Morgan fingerprint density at radius 1 is 1.26 bits per heavy atom. The molecule has 0 aromatic heterocycles. The lowest BCUT2D eigenvalue weighted by molar-refractivity contribution is 0.0307. The molecule has 19 heavy (non-hydrogen) atoms. The molecule has 1 aliphatic heterocycles. The van der Waals surface area contributed by atoms with E-state index >= 15 is 0 Å². The maximum atomic E-state index is 10.6. The van der Waals surface area contributed by atoms with Gasteiger partial charge in [0.15, 0.2) is 0 Å².